The largest absolute Gasteiger partial charge is 0.373 e. The fraction of sp³-hybridized carbons (Fsp3) is 0.415. The zero-order valence-electron chi connectivity index (χ0n) is 32.5. The molecule has 5 rings (SSSR count). The number of carbonyl (C=O) groups excluding carboxylic acids is 1. The predicted octanol–water partition coefficient (Wildman–Crippen LogP) is 6.92. The summed E-state index contributed by atoms with van der Waals surface area (Å²) in [6.07, 6.45) is 8.20. The molecule has 0 unspecified atom stereocenters. The Morgan fingerprint density at radius 2 is 1.54 bits per heavy atom. The number of hydrogen-bond acceptors (Lipinski definition) is 9. The molecule has 3 aromatic carbocycles. The first-order valence-electron chi connectivity index (χ1n) is 18.7. The lowest BCUT2D eigenvalue weighted by Gasteiger charge is -2.27. The number of unbranched alkanes of at least 4 members (excludes halogenated alkanes) is 1. The van der Waals surface area contributed by atoms with E-state index in [1.165, 1.54) is 29.8 Å². The minimum absolute atomic E-state index is 0.00930. The predicted molar refractivity (Wildman–Crippen MR) is 224 cm³/mol. The Morgan fingerprint density at radius 3 is 2.20 bits per heavy atom. The number of rotatable bonds is 18. The molecule has 0 saturated heterocycles. The van der Waals surface area contributed by atoms with E-state index in [0.717, 1.165) is 48.7 Å². The highest BCUT2D eigenvalue weighted by Gasteiger charge is 2.40. The third kappa shape index (κ3) is 10.1. The van der Waals surface area contributed by atoms with Crippen molar-refractivity contribution in [1.29, 1.82) is 0 Å². The van der Waals surface area contributed by atoms with Crippen LogP contribution in [0.4, 0.5) is 17.1 Å². The molecule has 0 saturated carbocycles. The third-order valence-corrected chi connectivity index (χ3v) is 12.4. The van der Waals surface area contributed by atoms with Gasteiger partial charge in [0.15, 0.2) is 0 Å². The Bertz CT molecular complexity index is 2240. The maximum atomic E-state index is 12.7. The van der Waals surface area contributed by atoms with E-state index in [2.05, 4.69) is 44.7 Å². The summed E-state index contributed by atoms with van der Waals surface area (Å²) in [4.78, 5) is 21.3. The van der Waals surface area contributed by atoms with E-state index in [0.29, 0.717) is 55.2 Å². The minimum atomic E-state index is -4.43. The fourth-order valence-corrected chi connectivity index (χ4v) is 8.42. The number of carbonyl (C=O) groups is 1. The number of amides is 1. The third-order valence-electron chi connectivity index (χ3n) is 10.5. The second-order valence-electron chi connectivity index (χ2n) is 15.2. The van der Waals surface area contributed by atoms with Gasteiger partial charge in [-0.05, 0) is 103 Å². The number of nitrogens with zero attached hydrogens (tertiary/aromatic N) is 3. The number of anilines is 2. The average molecular weight is 826 g/mol. The quantitative estimate of drug-likeness (QED) is 0.0600. The molecule has 2 heterocycles. The summed E-state index contributed by atoms with van der Waals surface area (Å²) in [6.45, 7) is 11.3. The summed E-state index contributed by atoms with van der Waals surface area (Å²) >= 11 is 5.84. The smallest absolute Gasteiger partial charge is 0.294 e. The molecule has 0 aliphatic carbocycles. The standard InChI is InChI=1S/C41H52ClN5O7S2/c1-40(2)33-26-31(55(49,50)51)17-19-35(33)45-37(40)10-8-11-38-41(3,4)34-27-32(56(52,53)54)18-20-36(34)47(38)24-7-6-12-39(48)44-23-9-22-43-28-29-13-15-30(16-14-29)46(5)25-21-42/h8,10-11,13-20,26-27,43H,6-7,9,12,21-25,28H2,1-5H3,(H,44,48)(H,49,50,51)(H,52,53,54)/b10-8+,38-11+. The summed E-state index contributed by atoms with van der Waals surface area (Å²) in [7, 11) is -6.79. The number of benzene rings is 3. The van der Waals surface area contributed by atoms with Crippen LogP contribution in [0.3, 0.4) is 0 Å². The normalized spacial score (nSPS) is 16.6. The van der Waals surface area contributed by atoms with Crippen molar-refractivity contribution in [1.82, 2.24) is 10.6 Å². The van der Waals surface area contributed by atoms with Crippen molar-refractivity contribution >= 4 is 60.5 Å². The van der Waals surface area contributed by atoms with E-state index in [4.69, 9.17) is 16.6 Å². The van der Waals surface area contributed by atoms with Crippen LogP contribution in [-0.4, -0.2) is 76.7 Å². The molecule has 2 aliphatic rings. The zero-order valence-corrected chi connectivity index (χ0v) is 34.9. The first-order chi connectivity index (χ1) is 26.3. The molecule has 0 fully saturated rings. The number of fused-ring (bicyclic) bond motifs is 2. The lowest BCUT2D eigenvalue weighted by atomic mass is 9.81. The van der Waals surface area contributed by atoms with Gasteiger partial charge in [-0.3, -0.25) is 18.9 Å². The molecule has 0 atom stereocenters. The number of nitrogens with one attached hydrogen (secondary N) is 2. The van der Waals surface area contributed by atoms with E-state index in [1.54, 1.807) is 12.1 Å². The van der Waals surface area contributed by atoms with Gasteiger partial charge in [-0.2, -0.15) is 16.8 Å². The minimum Gasteiger partial charge on any atom is -0.373 e. The monoisotopic (exact) mass is 825 g/mol. The summed E-state index contributed by atoms with van der Waals surface area (Å²) in [6, 6.07) is 17.3. The van der Waals surface area contributed by atoms with Crippen molar-refractivity contribution in [3.63, 3.8) is 0 Å². The molecule has 56 heavy (non-hydrogen) atoms. The fourth-order valence-electron chi connectivity index (χ4n) is 7.16. The van der Waals surface area contributed by atoms with Gasteiger partial charge in [-0.1, -0.05) is 45.9 Å². The Hall–Kier alpha value is -4.05. The average Bonchev–Trinajstić information content (AvgIpc) is 3.51. The van der Waals surface area contributed by atoms with E-state index < -0.39 is 31.1 Å². The van der Waals surface area contributed by atoms with Crippen molar-refractivity contribution in [3.05, 3.63) is 101 Å². The van der Waals surface area contributed by atoms with Crippen LogP contribution in [-0.2, 0) is 42.4 Å². The molecule has 4 N–H and O–H groups in total. The Balaban J connectivity index is 1.18. The van der Waals surface area contributed by atoms with Crippen LogP contribution in [0.15, 0.2) is 99.4 Å². The van der Waals surface area contributed by atoms with Crippen molar-refractivity contribution in [2.24, 2.45) is 4.99 Å². The lowest BCUT2D eigenvalue weighted by molar-refractivity contribution is -0.121. The van der Waals surface area contributed by atoms with Gasteiger partial charge in [0.1, 0.15) is 0 Å². The molecule has 3 aromatic rings. The maximum absolute atomic E-state index is 12.7. The lowest BCUT2D eigenvalue weighted by Crippen LogP contribution is -2.28. The molecule has 0 spiro atoms. The Labute approximate surface area is 336 Å². The van der Waals surface area contributed by atoms with Gasteiger partial charge in [-0.25, -0.2) is 0 Å². The molecule has 15 heteroatoms. The van der Waals surface area contributed by atoms with Gasteiger partial charge < -0.3 is 20.4 Å². The second kappa shape index (κ2) is 17.6. The summed E-state index contributed by atoms with van der Waals surface area (Å²) in [5.74, 6) is 0.568. The van der Waals surface area contributed by atoms with Gasteiger partial charge in [0.25, 0.3) is 20.2 Å². The van der Waals surface area contributed by atoms with Crippen LogP contribution in [0, 0.1) is 0 Å². The SMILES string of the molecule is CN(CCCl)c1ccc(CNCCCNC(=O)CCCCN2/C(=C/C=C/C3=Nc4ccc(S(=O)(=O)O)cc4C3(C)C)C(C)(C)c3cc(S(=O)(=O)O)ccc32)cc1. The summed E-state index contributed by atoms with van der Waals surface area (Å²) in [5.41, 5.74) is 5.48. The Kier molecular flexibility index (Phi) is 13.6. The summed E-state index contributed by atoms with van der Waals surface area (Å²) < 4.78 is 67.1. The molecular formula is C41H52ClN5O7S2. The first-order valence-corrected chi connectivity index (χ1v) is 22.1. The maximum Gasteiger partial charge on any atom is 0.294 e. The van der Waals surface area contributed by atoms with Crippen molar-refractivity contribution in [3.8, 4) is 0 Å². The Morgan fingerprint density at radius 1 is 0.875 bits per heavy atom. The molecule has 302 valence electrons. The van der Waals surface area contributed by atoms with Crippen LogP contribution in [0.2, 0.25) is 0 Å². The van der Waals surface area contributed by atoms with Gasteiger partial charge in [0.05, 0.1) is 21.2 Å². The van der Waals surface area contributed by atoms with Crippen molar-refractivity contribution in [2.45, 2.75) is 80.5 Å². The highest BCUT2D eigenvalue weighted by Crippen LogP contribution is 2.49. The molecule has 0 aromatic heterocycles. The van der Waals surface area contributed by atoms with Crippen LogP contribution in [0.5, 0.6) is 0 Å². The van der Waals surface area contributed by atoms with Crippen LogP contribution >= 0.6 is 11.6 Å². The van der Waals surface area contributed by atoms with Gasteiger partial charge in [0, 0.05) is 73.4 Å². The molecule has 12 nitrogen and oxygen atoms in total. The van der Waals surface area contributed by atoms with Crippen LogP contribution in [0.1, 0.15) is 70.1 Å². The number of aliphatic imine (C=N–C) groups is 1. The first kappa shape index (κ1) is 43.1. The number of halogens is 1. The van der Waals surface area contributed by atoms with Crippen molar-refractivity contribution in [2.75, 3.05) is 48.9 Å². The zero-order chi connectivity index (χ0) is 40.9. The van der Waals surface area contributed by atoms with Crippen LogP contribution < -0.4 is 20.4 Å². The number of alkyl halides is 1. The highest BCUT2D eigenvalue weighted by atomic mass is 35.5. The van der Waals surface area contributed by atoms with E-state index in [9.17, 15) is 30.7 Å². The molecular weight excluding hydrogens is 774 g/mol. The topological polar surface area (TPSA) is 169 Å². The summed E-state index contributed by atoms with van der Waals surface area (Å²) in [5, 5.41) is 6.44. The van der Waals surface area contributed by atoms with E-state index >= 15 is 0 Å². The molecule has 0 radical (unpaired) electrons. The van der Waals surface area contributed by atoms with E-state index in [-0.39, 0.29) is 15.7 Å². The molecule has 2 aliphatic heterocycles. The van der Waals surface area contributed by atoms with Crippen LogP contribution in [0.25, 0.3) is 0 Å². The van der Waals surface area contributed by atoms with Crippen molar-refractivity contribution < 1.29 is 30.7 Å². The van der Waals surface area contributed by atoms with Gasteiger partial charge in [0.2, 0.25) is 5.91 Å². The highest BCUT2D eigenvalue weighted by molar-refractivity contribution is 7.86. The van der Waals surface area contributed by atoms with E-state index in [1.807, 2.05) is 53.0 Å². The number of hydrogen-bond donors (Lipinski definition) is 4. The molecule has 0 bridgehead atoms. The van der Waals surface area contributed by atoms with Gasteiger partial charge >= 0.3 is 0 Å². The second-order valence-corrected chi connectivity index (χ2v) is 18.5. The van der Waals surface area contributed by atoms with Gasteiger partial charge in [-0.15, -0.1) is 11.6 Å². The number of allylic oxidation sites excluding steroid dienone is 4. The molecule has 1 amide bonds.